The molecule has 10 aromatic rings. The Hall–Kier alpha value is -7.82. The number of phenolic OH excluding ortho intramolecular Hbond substituents is 1. The number of aromatic hydroxyl groups is 1. The molecule has 0 saturated carbocycles. The van der Waals surface area contributed by atoms with Crippen LogP contribution in [-0.4, -0.2) is 19.6 Å². The Morgan fingerprint density at radius 1 is 0.507 bits per heavy atom. The van der Waals surface area contributed by atoms with E-state index in [-0.39, 0.29) is 40.4 Å². The third kappa shape index (κ3) is 8.36. The summed E-state index contributed by atoms with van der Waals surface area (Å²) in [4.78, 5) is 10.1. The maximum Gasteiger partial charge on any atom is 0.149 e. The normalized spacial score (nSPS) is 13.6. The first kappa shape index (κ1) is 33.6. The van der Waals surface area contributed by atoms with Gasteiger partial charge in [0.25, 0.3) is 0 Å². The van der Waals surface area contributed by atoms with E-state index in [1.165, 1.54) is 0 Å². The number of fused-ring (bicyclic) bond motifs is 1. The Labute approximate surface area is 407 Å². The molecule has 1 N–H and O–H groups in total. The van der Waals surface area contributed by atoms with E-state index >= 15 is 0 Å². The van der Waals surface area contributed by atoms with Crippen LogP contribution >= 0.6 is 0 Å². The number of nitrogens with zero attached hydrogens (tertiary/aromatic N) is 3. The number of benzene rings is 8. The second-order valence-corrected chi connectivity index (χ2v) is 17.8. The quantitative estimate of drug-likeness (QED) is 0.141. The Balaban J connectivity index is 1.33. The summed E-state index contributed by atoms with van der Waals surface area (Å²) >= 11 is 0. The van der Waals surface area contributed by atoms with Crippen LogP contribution in [0, 0.1) is 0 Å². The smallest absolute Gasteiger partial charge is 0.149 e. The summed E-state index contributed by atoms with van der Waals surface area (Å²) in [6, 6.07) is 45.9. The fourth-order valence-corrected chi connectivity index (χ4v) is 8.94. The fourth-order valence-electron chi connectivity index (χ4n) is 8.94. The summed E-state index contributed by atoms with van der Waals surface area (Å²) in [5.74, 6) is -0.327. The Kier molecular flexibility index (Phi) is 9.14. The molecule has 0 atom stereocenters. The van der Waals surface area contributed by atoms with Crippen molar-refractivity contribution in [1.29, 1.82) is 0 Å². The molecule has 0 aliphatic carbocycles. The van der Waals surface area contributed by atoms with Crippen molar-refractivity contribution in [2.45, 2.75) is 59.3 Å². The summed E-state index contributed by atoms with van der Waals surface area (Å²) in [6.45, 7) is 12.2. The van der Waals surface area contributed by atoms with E-state index in [0.717, 1.165) is 55.8 Å². The zero-order chi connectivity index (χ0) is 54.1. The first-order valence-electron chi connectivity index (χ1n) is 27.2. The highest BCUT2D eigenvalue weighted by molar-refractivity contribution is 5.99. The highest BCUT2D eigenvalue weighted by Crippen LogP contribution is 2.46. The fraction of sp³-hybridized carbons (Fsp3) is 0.143. The number of imidazole rings is 1. The van der Waals surface area contributed by atoms with Gasteiger partial charge in [0.15, 0.2) is 0 Å². The molecule has 0 amide bonds. The van der Waals surface area contributed by atoms with Gasteiger partial charge in [0.05, 0.1) is 38.9 Å². The second-order valence-electron chi connectivity index (χ2n) is 17.8. The van der Waals surface area contributed by atoms with Gasteiger partial charge >= 0.3 is 0 Å². The van der Waals surface area contributed by atoms with E-state index in [4.69, 9.17) is 14.6 Å². The summed E-state index contributed by atoms with van der Waals surface area (Å²) in [6.07, 6.45) is -0.530. The van der Waals surface area contributed by atoms with Gasteiger partial charge in [0, 0.05) is 24.2 Å². The van der Waals surface area contributed by atoms with E-state index < -0.39 is 48.3 Å². The number of phenols is 1. The molecule has 4 heteroatoms. The largest absolute Gasteiger partial charge is 0.507 e. The molecule has 4 nitrogen and oxygen atoms in total. The van der Waals surface area contributed by atoms with Crippen LogP contribution in [0.25, 0.3) is 95.0 Å². The molecule has 0 fully saturated rings. The minimum atomic E-state index is -1.01. The summed E-state index contributed by atoms with van der Waals surface area (Å²) in [5, 5.41) is 12.6. The van der Waals surface area contributed by atoms with Crippen molar-refractivity contribution in [2.75, 3.05) is 0 Å². The molecule has 0 saturated heterocycles. The maximum atomic E-state index is 12.6. The zero-order valence-corrected chi connectivity index (χ0v) is 38.4. The van der Waals surface area contributed by atoms with Crippen molar-refractivity contribution in [3.63, 3.8) is 0 Å². The van der Waals surface area contributed by atoms with Crippen molar-refractivity contribution in [2.24, 2.45) is 0 Å². The van der Waals surface area contributed by atoms with Crippen molar-refractivity contribution >= 4 is 11.0 Å². The van der Waals surface area contributed by atoms with Gasteiger partial charge in [0.1, 0.15) is 11.6 Å². The van der Waals surface area contributed by atoms with Crippen molar-refractivity contribution in [3.8, 4) is 89.7 Å². The van der Waals surface area contributed by atoms with E-state index in [2.05, 4.69) is 79.7 Å². The molecular formula is C63H55N3O. The number of rotatable bonds is 11. The van der Waals surface area contributed by atoms with E-state index in [9.17, 15) is 7.85 Å². The summed E-state index contributed by atoms with van der Waals surface area (Å²) < 4.78 is 81.8. The van der Waals surface area contributed by atoms with Gasteiger partial charge in [-0.15, -0.1) is 0 Å². The van der Waals surface area contributed by atoms with Crippen LogP contribution in [0.3, 0.4) is 0 Å². The molecule has 2 aromatic heterocycles. The van der Waals surface area contributed by atoms with Crippen molar-refractivity contribution < 1.29 is 17.4 Å². The molecule has 8 aromatic carbocycles. The third-order valence-corrected chi connectivity index (χ3v) is 12.4. The van der Waals surface area contributed by atoms with Crippen LogP contribution in [0.15, 0.2) is 200 Å². The van der Waals surface area contributed by atoms with E-state index in [1.54, 1.807) is 0 Å². The van der Waals surface area contributed by atoms with Crippen LogP contribution < -0.4 is 0 Å². The number of hydrogen-bond acceptors (Lipinski definition) is 3. The average Bonchev–Trinajstić information content (AvgIpc) is 3.87. The number of aromatic nitrogens is 3. The molecular weight excluding hydrogens is 815 g/mol. The standard InChI is InChI=1S/C63H55N3O/c1-40(2)48-35-54(42(5)6)62(67)57(36-48)63-65-61-52(50-32-49(44-22-13-8-14-23-44)33-51(34-50)58-37-47(30-31-64-58)43-20-11-7-12-21-43)28-19-29-59(61)66(63)60-39-55(45-24-15-9-16-25-45)53(41(3)4)38-56(60)46-26-17-10-18-27-46/h7-42,67H,1-6H3/i7D,11D,12D,20D,21D,30D,31D,37D,41D. The highest BCUT2D eigenvalue weighted by Gasteiger charge is 2.26. The molecule has 0 aliphatic rings. The molecule has 0 aliphatic heterocycles. The van der Waals surface area contributed by atoms with Gasteiger partial charge in [-0.1, -0.05) is 181 Å². The number of para-hydroxylation sites is 1. The van der Waals surface area contributed by atoms with Crippen LogP contribution in [-0.2, 0) is 0 Å². The van der Waals surface area contributed by atoms with Gasteiger partial charge in [0.2, 0.25) is 0 Å². The summed E-state index contributed by atoms with van der Waals surface area (Å²) in [7, 11) is 0. The first-order chi connectivity index (χ1) is 36.2. The van der Waals surface area contributed by atoms with Gasteiger partial charge in [-0.05, 0) is 133 Å². The minimum absolute atomic E-state index is 0.0183. The summed E-state index contributed by atoms with van der Waals surface area (Å²) in [5.41, 5.74) is 11.5. The molecule has 0 unspecified atom stereocenters. The first-order valence-corrected chi connectivity index (χ1v) is 22.7. The molecule has 0 bridgehead atoms. The molecule has 2 heterocycles. The van der Waals surface area contributed by atoms with Crippen molar-refractivity contribution in [1.82, 2.24) is 14.5 Å². The maximum absolute atomic E-state index is 12.6. The Morgan fingerprint density at radius 2 is 1.15 bits per heavy atom. The van der Waals surface area contributed by atoms with Gasteiger partial charge < -0.3 is 5.11 Å². The molecule has 328 valence electrons. The van der Waals surface area contributed by atoms with Crippen LogP contribution in [0.1, 0.15) is 88.3 Å². The lowest BCUT2D eigenvalue weighted by molar-refractivity contribution is 0.466. The Bertz CT molecular complexity index is 3880. The van der Waals surface area contributed by atoms with Crippen LogP contribution in [0.2, 0.25) is 0 Å². The zero-order valence-electron chi connectivity index (χ0n) is 47.4. The molecule has 10 rings (SSSR count). The minimum Gasteiger partial charge on any atom is -0.507 e. The lowest BCUT2D eigenvalue weighted by Gasteiger charge is -2.22. The van der Waals surface area contributed by atoms with Crippen LogP contribution in [0.5, 0.6) is 5.75 Å². The van der Waals surface area contributed by atoms with Crippen LogP contribution in [0.4, 0.5) is 0 Å². The molecule has 0 spiro atoms. The van der Waals surface area contributed by atoms with E-state index in [0.29, 0.717) is 39.1 Å². The molecule has 67 heavy (non-hydrogen) atoms. The average molecular weight is 879 g/mol. The van der Waals surface area contributed by atoms with Gasteiger partial charge in [-0.2, -0.15) is 0 Å². The van der Waals surface area contributed by atoms with Gasteiger partial charge in [-0.25, -0.2) is 4.98 Å². The number of pyridine rings is 1. The monoisotopic (exact) mass is 878 g/mol. The Morgan fingerprint density at radius 3 is 1.81 bits per heavy atom. The lowest BCUT2D eigenvalue weighted by atomic mass is 9.88. The van der Waals surface area contributed by atoms with Gasteiger partial charge in [-0.3, -0.25) is 9.55 Å². The number of hydrogen-bond donors (Lipinski definition) is 1. The third-order valence-electron chi connectivity index (χ3n) is 12.4. The van der Waals surface area contributed by atoms with Crippen molar-refractivity contribution in [3.05, 3.63) is 217 Å². The predicted molar refractivity (Wildman–Crippen MR) is 281 cm³/mol. The lowest BCUT2D eigenvalue weighted by Crippen LogP contribution is -2.05. The topological polar surface area (TPSA) is 50.9 Å². The van der Waals surface area contributed by atoms with E-state index in [1.807, 2.05) is 123 Å². The molecule has 0 radical (unpaired) electrons. The highest BCUT2D eigenvalue weighted by atomic mass is 16.3. The second kappa shape index (κ2) is 18.2. The SMILES string of the molecule is [2H]c1nc(-c2cc(-c3ccccc3)cc(-c3cccc4c3nc(-c3cc(C(C)C)cc(C(C)C)c3O)n4-c3cc(-c4ccccc4)c(C([2H])(C)C)cc3-c3ccccc3)c2)c([2H])c(-c2c([2H])c([2H])c([2H])c([2H])c2[2H])c1[2H]. The predicted octanol–water partition coefficient (Wildman–Crippen LogP) is 17.2.